The summed E-state index contributed by atoms with van der Waals surface area (Å²) in [5.41, 5.74) is -1.37. The Bertz CT molecular complexity index is 630. The Hall–Kier alpha value is -0.650. The van der Waals surface area contributed by atoms with E-state index in [0.29, 0.717) is 12.5 Å². The molecule has 0 N–H and O–H groups in total. The van der Waals surface area contributed by atoms with Gasteiger partial charge in [0.15, 0.2) is 5.60 Å². The van der Waals surface area contributed by atoms with E-state index in [1.165, 1.54) is 44.9 Å². The first-order valence-corrected chi connectivity index (χ1v) is 13.7. The van der Waals surface area contributed by atoms with E-state index in [2.05, 4.69) is 51.5 Å². The van der Waals surface area contributed by atoms with Gasteiger partial charge in [0.2, 0.25) is 0 Å². The number of likely N-dealkylation sites (tertiary alicyclic amines) is 1. The van der Waals surface area contributed by atoms with Crippen molar-refractivity contribution in [2.75, 3.05) is 27.3 Å². The zero-order valence-corrected chi connectivity index (χ0v) is 22.8. The van der Waals surface area contributed by atoms with E-state index in [4.69, 9.17) is 9.47 Å². The molecular weight excluding hydrogens is 412 g/mol. The fraction of sp³-hybridized carbons (Fsp3) is 0.964. The first kappa shape index (κ1) is 26.9. The van der Waals surface area contributed by atoms with Crippen molar-refractivity contribution in [1.29, 1.82) is 0 Å². The molecule has 0 radical (unpaired) electrons. The number of carbonyl (C=O) groups excluding carboxylic acids is 1. The van der Waals surface area contributed by atoms with Gasteiger partial charge in [0.05, 0.1) is 6.61 Å². The minimum Gasteiger partial charge on any atom is -0.384 e. The van der Waals surface area contributed by atoms with Crippen molar-refractivity contribution < 1.29 is 14.3 Å². The van der Waals surface area contributed by atoms with Gasteiger partial charge in [-0.1, -0.05) is 51.9 Å². The Morgan fingerprint density at radius 3 is 1.79 bits per heavy atom. The van der Waals surface area contributed by atoms with Crippen molar-refractivity contribution in [2.24, 2.45) is 5.92 Å². The van der Waals surface area contributed by atoms with Gasteiger partial charge in [0.25, 0.3) is 5.91 Å². The van der Waals surface area contributed by atoms with Crippen molar-refractivity contribution in [1.82, 2.24) is 9.80 Å². The predicted molar refractivity (Wildman–Crippen MR) is 135 cm³/mol. The molecule has 0 aromatic rings. The minimum atomic E-state index is -0.719. The van der Waals surface area contributed by atoms with Gasteiger partial charge in [-0.15, -0.1) is 0 Å². The number of nitrogens with zero attached hydrogens (tertiary/aromatic N) is 2. The molecule has 5 nitrogen and oxygen atoms in total. The molecule has 5 heteroatoms. The SMILES string of the molecule is COCC(C)CN1C(=O)C2(CC(C)(C)N(C)C(C)(C)C2)OC12CCCCCCCCCCC2. The van der Waals surface area contributed by atoms with Crippen LogP contribution >= 0.6 is 0 Å². The summed E-state index contributed by atoms with van der Waals surface area (Å²) in [6, 6.07) is 0. The van der Waals surface area contributed by atoms with Gasteiger partial charge in [-0.25, -0.2) is 0 Å². The second-order valence-electron chi connectivity index (χ2n) is 12.7. The van der Waals surface area contributed by atoms with Crippen molar-refractivity contribution in [3.05, 3.63) is 0 Å². The summed E-state index contributed by atoms with van der Waals surface area (Å²) in [7, 11) is 3.96. The number of amides is 1. The molecule has 192 valence electrons. The summed E-state index contributed by atoms with van der Waals surface area (Å²) in [5.74, 6) is 0.537. The lowest BCUT2D eigenvalue weighted by Crippen LogP contribution is -2.66. The fourth-order valence-corrected chi connectivity index (χ4v) is 7.07. The zero-order chi connectivity index (χ0) is 24.3. The third-order valence-corrected chi connectivity index (χ3v) is 8.84. The molecule has 1 unspecified atom stereocenters. The highest BCUT2D eigenvalue weighted by Crippen LogP contribution is 2.53. The second-order valence-corrected chi connectivity index (χ2v) is 12.7. The van der Waals surface area contributed by atoms with Crippen LogP contribution in [-0.2, 0) is 14.3 Å². The number of piperidine rings is 1. The smallest absolute Gasteiger partial charge is 0.257 e. The van der Waals surface area contributed by atoms with Crippen LogP contribution < -0.4 is 0 Å². The van der Waals surface area contributed by atoms with Crippen LogP contribution in [0.1, 0.15) is 118 Å². The Balaban J connectivity index is 1.97. The van der Waals surface area contributed by atoms with Gasteiger partial charge in [0, 0.05) is 37.6 Å². The molecule has 2 aliphatic heterocycles. The normalized spacial score (nSPS) is 29.1. The molecule has 1 atom stereocenters. The fourth-order valence-electron chi connectivity index (χ4n) is 7.07. The molecule has 2 saturated heterocycles. The molecule has 1 aliphatic carbocycles. The molecule has 3 aliphatic rings. The van der Waals surface area contributed by atoms with Gasteiger partial charge >= 0.3 is 0 Å². The monoisotopic (exact) mass is 464 g/mol. The van der Waals surface area contributed by atoms with E-state index in [9.17, 15) is 4.79 Å². The van der Waals surface area contributed by atoms with Crippen LogP contribution in [0.5, 0.6) is 0 Å². The molecule has 0 bridgehead atoms. The van der Waals surface area contributed by atoms with Crippen LogP contribution in [0.4, 0.5) is 0 Å². The number of hydrogen-bond donors (Lipinski definition) is 0. The van der Waals surface area contributed by atoms with Gasteiger partial charge in [-0.05, 0) is 66.3 Å². The summed E-state index contributed by atoms with van der Waals surface area (Å²) in [4.78, 5) is 19.0. The summed E-state index contributed by atoms with van der Waals surface area (Å²) in [6.45, 7) is 12.7. The van der Waals surface area contributed by atoms with E-state index in [-0.39, 0.29) is 17.0 Å². The van der Waals surface area contributed by atoms with E-state index in [1.54, 1.807) is 7.11 Å². The predicted octanol–water partition coefficient (Wildman–Crippen LogP) is 6.15. The molecule has 1 amide bonds. The van der Waals surface area contributed by atoms with Crippen molar-refractivity contribution >= 4 is 5.91 Å². The zero-order valence-electron chi connectivity index (χ0n) is 22.8. The van der Waals surface area contributed by atoms with Gasteiger partial charge < -0.3 is 14.4 Å². The lowest BCUT2D eigenvalue weighted by Gasteiger charge is -2.56. The quantitative estimate of drug-likeness (QED) is 0.500. The van der Waals surface area contributed by atoms with E-state index < -0.39 is 11.3 Å². The number of ether oxygens (including phenoxy) is 2. The first-order chi connectivity index (χ1) is 15.5. The Kier molecular flexibility index (Phi) is 8.60. The number of rotatable bonds is 4. The summed E-state index contributed by atoms with van der Waals surface area (Å²) >= 11 is 0. The molecule has 0 aromatic heterocycles. The van der Waals surface area contributed by atoms with Crippen molar-refractivity contribution in [3.8, 4) is 0 Å². The van der Waals surface area contributed by atoms with Crippen LogP contribution in [0.15, 0.2) is 0 Å². The van der Waals surface area contributed by atoms with Gasteiger partial charge in [0.1, 0.15) is 5.72 Å². The topological polar surface area (TPSA) is 42.0 Å². The number of hydrogen-bond acceptors (Lipinski definition) is 4. The molecule has 0 aromatic carbocycles. The molecular formula is C28H52N2O3. The molecule has 2 spiro atoms. The standard InChI is InChI=1S/C28H52N2O3/c1-23(20-32-7)19-30-24(31)27(21-25(2,3)29(6)26(4,5)22-27)33-28(30)17-15-13-11-9-8-10-12-14-16-18-28/h23H,8-22H2,1-7H3. The van der Waals surface area contributed by atoms with Gasteiger partial charge in [-0.2, -0.15) is 0 Å². The first-order valence-electron chi connectivity index (χ1n) is 13.7. The third kappa shape index (κ3) is 5.78. The Labute approximate surface area is 203 Å². The molecule has 3 fully saturated rings. The van der Waals surface area contributed by atoms with Crippen LogP contribution in [0, 0.1) is 5.92 Å². The van der Waals surface area contributed by atoms with Crippen LogP contribution in [0.25, 0.3) is 0 Å². The van der Waals surface area contributed by atoms with Crippen LogP contribution in [0.3, 0.4) is 0 Å². The largest absolute Gasteiger partial charge is 0.384 e. The minimum absolute atomic E-state index is 0.0991. The van der Waals surface area contributed by atoms with E-state index in [1.807, 2.05) is 0 Å². The van der Waals surface area contributed by atoms with Gasteiger partial charge in [-0.3, -0.25) is 9.69 Å². The summed E-state index contributed by atoms with van der Waals surface area (Å²) in [6.07, 6.45) is 14.9. The average molecular weight is 465 g/mol. The van der Waals surface area contributed by atoms with Crippen molar-refractivity contribution in [2.45, 2.75) is 140 Å². The van der Waals surface area contributed by atoms with Crippen molar-refractivity contribution in [3.63, 3.8) is 0 Å². The Morgan fingerprint density at radius 1 is 0.879 bits per heavy atom. The van der Waals surface area contributed by atoms with Crippen LogP contribution in [0.2, 0.25) is 0 Å². The third-order valence-electron chi connectivity index (χ3n) is 8.84. The molecule has 3 rings (SSSR count). The van der Waals surface area contributed by atoms with E-state index >= 15 is 0 Å². The lowest BCUT2D eigenvalue weighted by molar-refractivity contribution is -0.197. The summed E-state index contributed by atoms with van der Waals surface area (Å²) < 4.78 is 12.7. The maximum absolute atomic E-state index is 14.4. The maximum atomic E-state index is 14.4. The highest BCUT2D eigenvalue weighted by Gasteiger charge is 2.65. The maximum Gasteiger partial charge on any atom is 0.257 e. The summed E-state index contributed by atoms with van der Waals surface area (Å²) in [5, 5.41) is 0. The highest BCUT2D eigenvalue weighted by molar-refractivity contribution is 5.88. The number of methoxy groups -OCH3 is 1. The average Bonchev–Trinajstić information content (AvgIpc) is 2.91. The molecule has 33 heavy (non-hydrogen) atoms. The molecule has 1 saturated carbocycles. The number of carbonyl (C=O) groups is 1. The van der Waals surface area contributed by atoms with Crippen LogP contribution in [-0.4, -0.2) is 65.4 Å². The highest BCUT2D eigenvalue weighted by atomic mass is 16.6. The molecule has 2 heterocycles. The Morgan fingerprint density at radius 2 is 1.33 bits per heavy atom. The lowest BCUT2D eigenvalue weighted by atomic mass is 9.71. The second kappa shape index (κ2) is 10.5. The van der Waals surface area contributed by atoms with E-state index in [0.717, 1.165) is 45.1 Å².